The van der Waals surface area contributed by atoms with E-state index in [-0.39, 0.29) is 0 Å². The van der Waals surface area contributed by atoms with Crippen LogP contribution in [0, 0.1) is 6.92 Å². The van der Waals surface area contributed by atoms with E-state index in [1.54, 1.807) is 0 Å². The van der Waals surface area contributed by atoms with Crippen LogP contribution in [0.4, 0.5) is 0 Å². The summed E-state index contributed by atoms with van der Waals surface area (Å²) < 4.78 is 6.40. The molecule has 0 unspecified atom stereocenters. The van der Waals surface area contributed by atoms with E-state index in [0.717, 1.165) is 17.1 Å². The lowest BCUT2D eigenvalue weighted by atomic mass is 10.2. The van der Waals surface area contributed by atoms with Crippen molar-refractivity contribution in [2.24, 2.45) is 0 Å². The highest BCUT2D eigenvalue weighted by atomic mass is 15.2. The summed E-state index contributed by atoms with van der Waals surface area (Å²) in [7, 11) is 0. The normalized spacial score (nSPS) is 10.6. The van der Waals surface area contributed by atoms with Crippen LogP contribution in [-0.2, 0) is 0 Å². The van der Waals surface area contributed by atoms with Crippen LogP contribution >= 0.6 is 0 Å². The molecular formula is C22H20N3+3. The van der Waals surface area contributed by atoms with Gasteiger partial charge < -0.3 is 0 Å². The third-order valence-electron chi connectivity index (χ3n) is 4.19. The van der Waals surface area contributed by atoms with E-state index >= 15 is 0 Å². The third-order valence-corrected chi connectivity index (χ3v) is 4.19. The van der Waals surface area contributed by atoms with Crippen LogP contribution in [0.5, 0.6) is 0 Å². The van der Waals surface area contributed by atoms with E-state index in [1.165, 1.54) is 5.56 Å². The molecule has 1 heterocycles. The van der Waals surface area contributed by atoms with Crippen LogP contribution in [0.1, 0.15) is 5.56 Å². The summed E-state index contributed by atoms with van der Waals surface area (Å²) in [5, 5.41) is 0. The van der Waals surface area contributed by atoms with Crippen LogP contribution in [0.2, 0.25) is 0 Å². The zero-order valence-corrected chi connectivity index (χ0v) is 14.2. The number of aromatic nitrogens is 3. The molecule has 0 radical (unpaired) electrons. The summed E-state index contributed by atoms with van der Waals surface area (Å²) in [5.74, 6) is 0. The second kappa shape index (κ2) is 6.65. The van der Waals surface area contributed by atoms with Gasteiger partial charge in [0.25, 0.3) is 0 Å². The minimum absolute atomic E-state index is 1.12. The van der Waals surface area contributed by atoms with Gasteiger partial charge in [0, 0.05) is 36.4 Å². The van der Waals surface area contributed by atoms with Gasteiger partial charge in [-0.25, -0.2) is 0 Å². The first-order chi connectivity index (χ1) is 12.3. The Labute approximate surface area is 147 Å². The topological polar surface area (TPSA) is 11.6 Å². The maximum atomic E-state index is 2.14. The second-order valence-corrected chi connectivity index (χ2v) is 6.07. The molecule has 3 heteroatoms. The fraction of sp³-hybridized carbons (Fsp3) is 0.0455. The summed E-state index contributed by atoms with van der Waals surface area (Å²) >= 11 is 0. The lowest BCUT2D eigenvalue weighted by Gasteiger charge is -1.97. The molecule has 0 saturated carbocycles. The van der Waals surface area contributed by atoms with E-state index < -0.39 is 0 Å². The van der Waals surface area contributed by atoms with Crippen molar-refractivity contribution < 1.29 is 13.7 Å². The summed E-state index contributed by atoms with van der Waals surface area (Å²) in [6, 6.07) is 29.3. The zero-order valence-electron chi connectivity index (χ0n) is 14.2. The number of aryl methyl sites for hydroxylation is 1. The fourth-order valence-electron chi connectivity index (χ4n) is 2.81. The third kappa shape index (κ3) is 3.31. The molecule has 0 aliphatic heterocycles. The Bertz CT molecular complexity index is 921. The molecule has 25 heavy (non-hydrogen) atoms. The predicted octanol–water partition coefficient (Wildman–Crippen LogP) is 2.83. The lowest BCUT2D eigenvalue weighted by Crippen LogP contribution is -2.55. The average Bonchev–Trinajstić information content (AvgIpc) is 2.69. The van der Waals surface area contributed by atoms with Crippen LogP contribution in [0.25, 0.3) is 17.1 Å². The van der Waals surface area contributed by atoms with Gasteiger partial charge in [0.1, 0.15) is 0 Å². The van der Waals surface area contributed by atoms with Crippen molar-refractivity contribution in [1.29, 1.82) is 0 Å². The molecule has 0 aliphatic carbocycles. The van der Waals surface area contributed by atoms with Gasteiger partial charge in [0.15, 0.2) is 0 Å². The summed E-state index contributed by atoms with van der Waals surface area (Å²) in [6.07, 6.45) is 6.29. The van der Waals surface area contributed by atoms with Gasteiger partial charge in [-0.2, -0.15) is 0 Å². The first-order valence-corrected chi connectivity index (χ1v) is 8.36. The Balaban J connectivity index is 1.90. The molecule has 0 atom stereocenters. The van der Waals surface area contributed by atoms with Crippen LogP contribution in [0.15, 0.2) is 104 Å². The van der Waals surface area contributed by atoms with E-state index in [0.29, 0.717) is 0 Å². The largest absolute Gasteiger partial charge is 0.428 e. The molecule has 0 N–H and O–H groups in total. The number of para-hydroxylation sites is 2. The van der Waals surface area contributed by atoms with E-state index in [1.807, 2.05) is 12.1 Å². The van der Waals surface area contributed by atoms with Crippen LogP contribution < -0.4 is 13.7 Å². The SMILES string of the molecule is Cc1ccc(-[n+]2c[n+](-c3ccccc3)c[n+](-c3ccccc3)c2)cc1. The van der Waals surface area contributed by atoms with Gasteiger partial charge >= 0.3 is 19.0 Å². The quantitative estimate of drug-likeness (QED) is 0.513. The van der Waals surface area contributed by atoms with Gasteiger partial charge in [-0.15, -0.1) is 0 Å². The molecule has 4 aromatic rings. The van der Waals surface area contributed by atoms with Crippen molar-refractivity contribution in [2.45, 2.75) is 6.92 Å². The summed E-state index contributed by atoms with van der Waals surface area (Å²) in [4.78, 5) is 0. The predicted molar refractivity (Wildman–Crippen MR) is 95.8 cm³/mol. The maximum Gasteiger partial charge on any atom is 0.428 e. The van der Waals surface area contributed by atoms with Crippen molar-refractivity contribution in [1.82, 2.24) is 0 Å². The highest BCUT2D eigenvalue weighted by Crippen LogP contribution is 2.03. The Morgan fingerprint density at radius 2 is 0.800 bits per heavy atom. The van der Waals surface area contributed by atoms with Crippen molar-refractivity contribution in [2.75, 3.05) is 0 Å². The van der Waals surface area contributed by atoms with E-state index in [9.17, 15) is 0 Å². The molecule has 3 aromatic carbocycles. The van der Waals surface area contributed by atoms with Gasteiger partial charge in [-0.1, -0.05) is 67.8 Å². The van der Waals surface area contributed by atoms with Crippen molar-refractivity contribution in [3.05, 3.63) is 109 Å². The van der Waals surface area contributed by atoms with Crippen molar-refractivity contribution >= 4 is 0 Å². The fourth-order valence-corrected chi connectivity index (χ4v) is 2.81. The Morgan fingerprint density at radius 1 is 0.440 bits per heavy atom. The highest BCUT2D eigenvalue weighted by molar-refractivity contribution is 5.26. The van der Waals surface area contributed by atoms with E-state index in [4.69, 9.17) is 0 Å². The van der Waals surface area contributed by atoms with Gasteiger partial charge in [0.05, 0.1) is 0 Å². The number of rotatable bonds is 3. The van der Waals surface area contributed by atoms with Crippen molar-refractivity contribution in [3.63, 3.8) is 0 Å². The Kier molecular flexibility index (Phi) is 4.05. The monoisotopic (exact) mass is 326 g/mol. The van der Waals surface area contributed by atoms with Crippen LogP contribution in [-0.4, -0.2) is 0 Å². The Hall–Kier alpha value is -3.33. The molecule has 0 spiro atoms. The lowest BCUT2D eigenvalue weighted by molar-refractivity contribution is -0.858. The highest BCUT2D eigenvalue weighted by Gasteiger charge is 2.24. The number of nitrogens with zero attached hydrogens (tertiary/aromatic N) is 3. The number of hydrogen-bond donors (Lipinski definition) is 0. The van der Waals surface area contributed by atoms with Gasteiger partial charge in [-0.05, 0) is 6.92 Å². The first-order valence-electron chi connectivity index (χ1n) is 8.36. The minimum Gasteiger partial charge on any atom is -0.0618 e. The molecule has 0 amide bonds. The molecule has 0 bridgehead atoms. The summed E-state index contributed by atoms with van der Waals surface area (Å²) in [5.41, 5.74) is 4.62. The average molecular weight is 326 g/mol. The molecule has 1 aromatic heterocycles. The molecule has 0 aliphatic rings. The second-order valence-electron chi connectivity index (χ2n) is 6.07. The summed E-state index contributed by atoms with van der Waals surface area (Å²) in [6.45, 7) is 2.10. The first kappa shape index (κ1) is 15.2. The van der Waals surface area contributed by atoms with E-state index in [2.05, 4.69) is 112 Å². The molecule has 0 fully saturated rings. The minimum atomic E-state index is 1.12. The number of benzene rings is 3. The maximum absolute atomic E-state index is 2.14. The molecule has 0 saturated heterocycles. The smallest absolute Gasteiger partial charge is 0.0618 e. The molecule has 3 nitrogen and oxygen atoms in total. The number of hydrogen-bond acceptors (Lipinski definition) is 0. The Morgan fingerprint density at radius 3 is 1.20 bits per heavy atom. The van der Waals surface area contributed by atoms with Crippen molar-refractivity contribution in [3.8, 4) is 17.1 Å². The van der Waals surface area contributed by atoms with Gasteiger partial charge in [0.2, 0.25) is 17.1 Å². The standard InChI is InChI=1S/C22H20N3/c1-19-12-14-22(15-13-19)25-17-23(20-8-4-2-5-9-20)16-24(18-25)21-10-6-3-7-11-21/h2-18H,1H3/q+3. The zero-order chi connectivity index (χ0) is 17.1. The van der Waals surface area contributed by atoms with Gasteiger partial charge in [-0.3, -0.25) is 0 Å². The molecule has 4 rings (SSSR count). The van der Waals surface area contributed by atoms with Crippen LogP contribution in [0.3, 0.4) is 0 Å². The molecule has 120 valence electrons. The molecular weight excluding hydrogens is 306 g/mol.